The van der Waals surface area contributed by atoms with Gasteiger partial charge in [0.15, 0.2) is 0 Å². The number of aromatic nitrogens is 3. The summed E-state index contributed by atoms with van der Waals surface area (Å²) in [6.45, 7) is 7.77. The van der Waals surface area contributed by atoms with Gasteiger partial charge in [0, 0.05) is 13.1 Å². The molecule has 0 saturated carbocycles. The lowest BCUT2D eigenvalue weighted by molar-refractivity contribution is -0.128. The van der Waals surface area contributed by atoms with Crippen LogP contribution in [-0.2, 0) is 4.79 Å². The Morgan fingerprint density at radius 1 is 1.25 bits per heavy atom. The minimum atomic E-state index is -0.0254. The van der Waals surface area contributed by atoms with Gasteiger partial charge in [0.05, 0.1) is 13.2 Å². The first-order chi connectivity index (χ1) is 9.60. The molecule has 0 radical (unpaired) electrons. The van der Waals surface area contributed by atoms with Gasteiger partial charge in [0.2, 0.25) is 17.1 Å². The molecule has 1 heterocycles. The zero-order valence-electron chi connectivity index (χ0n) is 12.0. The molecule has 0 saturated heterocycles. The van der Waals surface area contributed by atoms with Crippen LogP contribution in [0.2, 0.25) is 5.28 Å². The molecule has 0 aliphatic heterocycles. The molecule has 0 fully saturated rings. The number of hydrogen-bond acceptors (Lipinski definition) is 6. The van der Waals surface area contributed by atoms with E-state index in [9.17, 15) is 4.79 Å². The predicted molar refractivity (Wildman–Crippen MR) is 77.0 cm³/mol. The Hall–Kier alpha value is -1.63. The van der Waals surface area contributed by atoms with E-state index in [1.807, 2.05) is 20.8 Å². The van der Waals surface area contributed by atoms with Crippen molar-refractivity contribution in [1.82, 2.24) is 19.9 Å². The maximum Gasteiger partial charge on any atom is 0.322 e. The van der Waals surface area contributed by atoms with Gasteiger partial charge in [0.1, 0.15) is 0 Å². The summed E-state index contributed by atoms with van der Waals surface area (Å²) in [6, 6.07) is 0.157. The van der Waals surface area contributed by atoms with Crippen molar-refractivity contribution in [1.29, 1.82) is 0 Å². The van der Waals surface area contributed by atoms with Gasteiger partial charge >= 0.3 is 6.01 Å². The van der Waals surface area contributed by atoms with Crippen LogP contribution in [0, 0.1) is 0 Å². The zero-order chi connectivity index (χ0) is 15.0. The molecule has 7 nitrogen and oxygen atoms in total. The largest absolute Gasteiger partial charge is 0.463 e. The van der Waals surface area contributed by atoms with Crippen molar-refractivity contribution in [2.75, 3.05) is 31.6 Å². The number of nitrogens with one attached hydrogen (secondary N) is 1. The third-order valence-corrected chi connectivity index (χ3v) is 2.71. The van der Waals surface area contributed by atoms with Crippen molar-refractivity contribution >= 4 is 23.5 Å². The van der Waals surface area contributed by atoms with Crippen LogP contribution in [-0.4, -0.2) is 52.0 Å². The third-order valence-electron chi connectivity index (χ3n) is 2.54. The molecule has 0 aliphatic carbocycles. The molecule has 1 rings (SSSR count). The highest BCUT2D eigenvalue weighted by atomic mass is 35.5. The molecule has 112 valence electrons. The maximum atomic E-state index is 11.8. The van der Waals surface area contributed by atoms with Gasteiger partial charge in [-0.15, -0.1) is 0 Å². The van der Waals surface area contributed by atoms with E-state index in [1.165, 1.54) is 0 Å². The maximum absolute atomic E-state index is 11.8. The summed E-state index contributed by atoms with van der Waals surface area (Å²) >= 11 is 5.78. The molecule has 1 N–H and O–H groups in total. The van der Waals surface area contributed by atoms with E-state index in [0.717, 1.165) is 6.42 Å². The van der Waals surface area contributed by atoms with Crippen molar-refractivity contribution in [2.45, 2.75) is 27.2 Å². The lowest BCUT2D eigenvalue weighted by Crippen LogP contribution is -2.35. The number of hydrogen-bond donors (Lipinski definition) is 1. The highest BCUT2D eigenvalue weighted by Gasteiger charge is 2.11. The summed E-state index contributed by atoms with van der Waals surface area (Å²) < 4.78 is 5.29. The normalized spacial score (nSPS) is 10.2. The van der Waals surface area contributed by atoms with Gasteiger partial charge in [-0.2, -0.15) is 15.0 Å². The quantitative estimate of drug-likeness (QED) is 0.785. The standard InChI is InChI=1S/C12H20ClN5O2/c1-4-7-20-12-16-10(13)15-11(17-12)14-8-9(19)18(5-2)6-3/h4-8H2,1-3H3,(H,14,15,16,17). The van der Waals surface area contributed by atoms with Gasteiger partial charge in [-0.25, -0.2) is 0 Å². The van der Waals surface area contributed by atoms with Gasteiger partial charge in [-0.1, -0.05) is 6.92 Å². The highest BCUT2D eigenvalue weighted by Crippen LogP contribution is 2.11. The molecule has 0 bridgehead atoms. The lowest BCUT2D eigenvalue weighted by atomic mass is 10.4. The summed E-state index contributed by atoms with van der Waals surface area (Å²) in [7, 11) is 0. The first kappa shape index (κ1) is 16.4. The van der Waals surface area contributed by atoms with Crippen molar-refractivity contribution in [3.05, 3.63) is 5.28 Å². The Kier molecular flexibility index (Phi) is 7.00. The van der Waals surface area contributed by atoms with Crippen LogP contribution in [0.25, 0.3) is 0 Å². The Balaban J connectivity index is 2.63. The molecule has 8 heteroatoms. The lowest BCUT2D eigenvalue weighted by Gasteiger charge is -2.18. The predicted octanol–water partition coefficient (Wildman–Crippen LogP) is 1.59. The van der Waals surface area contributed by atoms with Crippen LogP contribution in [0.15, 0.2) is 0 Å². The van der Waals surface area contributed by atoms with Gasteiger partial charge in [0.25, 0.3) is 0 Å². The summed E-state index contributed by atoms with van der Waals surface area (Å²) in [4.78, 5) is 25.4. The Bertz CT molecular complexity index is 440. The van der Waals surface area contributed by atoms with E-state index in [-0.39, 0.29) is 29.7 Å². The van der Waals surface area contributed by atoms with E-state index < -0.39 is 0 Å². The number of nitrogens with zero attached hydrogens (tertiary/aromatic N) is 4. The molecule has 0 atom stereocenters. The average Bonchev–Trinajstić information content (AvgIpc) is 2.43. The molecule has 0 aromatic carbocycles. The minimum Gasteiger partial charge on any atom is -0.463 e. The monoisotopic (exact) mass is 301 g/mol. The molecule has 0 unspecified atom stereocenters. The van der Waals surface area contributed by atoms with Gasteiger partial charge in [-0.3, -0.25) is 4.79 Å². The average molecular weight is 302 g/mol. The van der Waals surface area contributed by atoms with Gasteiger partial charge in [-0.05, 0) is 31.9 Å². The topological polar surface area (TPSA) is 80.2 Å². The molecule has 0 aliphatic rings. The summed E-state index contributed by atoms with van der Waals surface area (Å²) in [5, 5.41) is 2.86. The fourth-order valence-corrected chi connectivity index (χ4v) is 1.66. The number of ether oxygens (including phenoxy) is 1. The van der Waals surface area contributed by atoms with E-state index in [4.69, 9.17) is 16.3 Å². The van der Waals surface area contributed by atoms with E-state index in [2.05, 4.69) is 20.3 Å². The number of anilines is 1. The third kappa shape index (κ3) is 5.16. The Morgan fingerprint density at radius 3 is 2.55 bits per heavy atom. The van der Waals surface area contributed by atoms with Crippen LogP contribution < -0.4 is 10.1 Å². The number of carbonyl (C=O) groups is 1. The van der Waals surface area contributed by atoms with Crippen LogP contribution >= 0.6 is 11.6 Å². The number of carbonyl (C=O) groups excluding carboxylic acids is 1. The van der Waals surface area contributed by atoms with Crippen LogP contribution in [0.4, 0.5) is 5.95 Å². The van der Waals surface area contributed by atoms with E-state index in [1.54, 1.807) is 4.90 Å². The highest BCUT2D eigenvalue weighted by molar-refractivity contribution is 6.28. The van der Waals surface area contributed by atoms with Crippen LogP contribution in [0.3, 0.4) is 0 Å². The summed E-state index contributed by atoms with van der Waals surface area (Å²) in [5.74, 6) is 0.208. The summed E-state index contributed by atoms with van der Waals surface area (Å²) in [5.41, 5.74) is 0. The van der Waals surface area contributed by atoms with E-state index >= 15 is 0 Å². The minimum absolute atomic E-state index is 0.0254. The van der Waals surface area contributed by atoms with Gasteiger partial charge < -0.3 is 15.0 Å². The second-order valence-corrected chi connectivity index (χ2v) is 4.32. The first-order valence-electron chi connectivity index (χ1n) is 6.66. The van der Waals surface area contributed by atoms with Crippen LogP contribution in [0.1, 0.15) is 27.2 Å². The smallest absolute Gasteiger partial charge is 0.322 e. The molecule has 0 spiro atoms. The number of likely N-dealkylation sites (N-methyl/N-ethyl adjacent to an activating group) is 1. The second kappa shape index (κ2) is 8.52. The first-order valence-corrected chi connectivity index (χ1v) is 7.04. The SMILES string of the molecule is CCCOc1nc(Cl)nc(NCC(=O)N(CC)CC)n1. The van der Waals surface area contributed by atoms with Crippen molar-refractivity contribution in [3.8, 4) is 6.01 Å². The van der Waals surface area contributed by atoms with Crippen LogP contribution in [0.5, 0.6) is 6.01 Å². The number of amides is 1. The Morgan fingerprint density at radius 2 is 1.95 bits per heavy atom. The fourth-order valence-electron chi connectivity index (χ4n) is 1.51. The second-order valence-electron chi connectivity index (χ2n) is 3.98. The summed E-state index contributed by atoms with van der Waals surface area (Å²) in [6.07, 6.45) is 0.840. The fraction of sp³-hybridized carbons (Fsp3) is 0.667. The molecular weight excluding hydrogens is 282 g/mol. The van der Waals surface area contributed by atoms with E-state index in [0.29, 0.717) is 19.7 Å². The molecule has 20 heavy (non-hydrogen) atoms. The van der Waals surface area contributed by atoms with Crippen molar-refractivity contribution in [3.63, 3.8) is 0 Å². The molecular formula is C12H20ClN5O2. The number of halogens is 1. The number of rotatable bonds is 8. The molecule has 1 aromatic heterocycles. The molecule has 1 aromatic rings. The Labute approximate surface area is 123 Å². The van der Waals surface area contributed by atoms with Crippen molar-refractivity contribution < 1.29 is 9.53 Å². The zero-order valence-corrected chi connectivity index (χ0v) is 12.8. The van der Waals surface area contributed by atoms with Crippen molar-refractivity contribution in [2.24, 2.45) is 0 Å². The molecule has 1 amide bonds.